The van der Waals surface area contributed by atoms with Gasteiger partial charge >= 0.3 is 0 Å². The molecule has 0 bridgehead atoms. The van der Waals surface area contributed by atoms with Crippen molar-refractivity contribution >= 4 is 0 Å². The highest BCUT2D eigenvalue weighted by atomic mass is 16.5. The van der Waals surface area contributed by atoms with Gasteiger partial charge in [0.2, 0.25) is 5.75 Å². The van der Waals surface area contributed by atoms with Crippen molar-refractivity contribution in [1.29, 1.82) is 0 Å². The minimum Gasteiger partial charge on any atom is -0.504 e. The van der Waals surface area contributed by atoms with Crippen LogP contribution in [0.5, 0.6) is 28.7 Å². The van der Waals surface area contributed by atoms with E-state index < -0.39 is 0 Å². The zero-order valence-corrected chi connectivity index (χ0v) is 13.2. The van der Waals surface area contributed by atoms with Gasteiger partial charge < -0.3 is 19.3 Å². The van der Waals surface area contributed by atoms with E-state index in [1.54, 1.807) is 18.2 Å². The monoisotopic (exact) mass is 302 g/mol. The van der Waals surface area contributed by atoms with E-state index in [-0.39, 0.29) is 11.9 Å². The summed E-state index contributed by atoms with van der Waals surface area (Å²) in [5.74, 6) is 2.12. The van der Waals surface area contributed by atoms with Gasteiger partial charge in [-0.25, -0.2) is 0 Å². The lowest BCUT2D eigenvalue weighted by Crippen LogP contribution is -2.06. The molecule has 0 aliphatic carbocycles. The summed E-state index contributed by atoms with van der Waals surface area (Å²) >= 11 is 0. The molecule has 0 amide bonds. The molecule has 0 fully saturated rings. The smallest absolute Gasteiger partial charge is 0.203 e. The molecule has 0 saturated heterocycles. The maximum Gasteiger partial charge on any atom is 0.203 e. The molecule has 4 nitrogen and oxygen atoms in total. The van der Waals surface area contributed by atoms with Crippen molar-refractivity contribution in [2.75, 3.05) is 6.61 Å². The van der Waals surface area contributed by atoms with Gasteiger partial charge in [0.15, 0.2) is 23.0 Å². The molecule has 0 heterocycles. The highest BCUT2D eigenvalue weighted by molar-refractivity contribution is 5.53. The maximum atomic E-state index is 9.97. The lowest BCUT2D eigenvalue weighted by molar-refractivity contribution is 0.231. The predicted molar refractivity (Wildman–Crippen MR) is 86.2 cm³/mol. The third kappa shape index (κ3) is 4.07. The molecule has 0 aromatic heterocycles. The van der Waals surface area contributed by atoms with E-state index in [0.717, 1.165) is 6.42 Å². The number of aromatic hydroxyl groups is 1. The fourth-order valence-corrected chi connectivity index (χ4v) is 1.94. The summed E-state index contributed by atoms with van der Waals surface area (Å²) in [6.07, 6.45) is 0.894. The van der Waals surface area contributed by atoms with E-state index in [4.69, 9.17) is 14.2 Å². The number of rotatable bonds is 7. The molecule has 118 valence electrons. The summed E-state index contributed by atoms with van der Waals surface area (Å²) < 4.78 is 17.2. The summed E-state index contributed by atoms with van der Waals surface area (Å²) in [6, 6.07) is 12.5. The predicted octanol–water partition coefficient (Wildman–Crippen LogP) is 4.76. The Hall–Kier alpha value is -2.36. The van der Waals surface area contributed by atoms with Crippen LogP contribution in [0.25, 0.3) is 0 Å². The first kappa shape index (κ1) is 16.0. The van der Waals surface area contributed by atoms with Gasteiger partial charge in [0.1, 0.15) is 0 Å². The Morgan fingerprint density at radius 2 is 1.64 bits per heavy atom. The lowest BCUT2D eigenvalue weighted by Gasteiger charge is -2.17. The van der Waals surface area contributed by atoms with E-state index in [9.17, 15) is 5.11 Å². The molecule has 2 aromatic rings. The van der Waals surface area contributed by atoms with Crippen molar-refractivity contribution in [3.63, 3.8) is 0 Å². The van der Waals surface area contributed by atoms with E-state index in [0.29, 0.717) is 29.6 Å². The van der Waals surface area contributed by atoms with Gasteiger partial charge in [0, 0.05) is 0 Å². The normalized spacial score (nSPS) is 10.5. The summed E-state index contributed by atoms with van der Waals surface area (Å²) in [5.41, 5.74) is 0. The highest BCUT2D eigenvalue weighted by Gasteiger charge is 2.14. The highest BCUT2D eigenvalue weighted by Crippen LogP contribution is 2.41. The number of phenolic OH excluding ortho intramolecular Hbond substituents is 1. The Labute approximate surface area is 131 Å². The van der Waals surface area contributed by atoms with Crippen LogP contribution in [-0.2, 0) is 0 Å². The number of para-hydroxylation sites is 3. The molecule has 0 spiro atoms. The van der Waals surface area contributed by atoms with Crippen molar-refractivity contribution in [3.05, 3.63) is 42.5 Å². The molecular formula is C18H22O4. The van der Waals surface area contributed by atoms with E-state index in [1.165, 1.54) is 0 Å². The maximum absolute atomic E-state index is 9.97. The third-order valence-corrected chi connectivity index (χ3v) is 2.84. The molecule has 0 aliphatic rings. The van der Waals surface area contributed by atoms with E-state index in [2.05, 4.69) is 0 Å². The van der Waals surface area contributed by atoms with Gasteiger partial charge in [-0.15, -0.1) is 0 Å². The Morgan fingerprint density at radius 3 is 2.32 bits per heavy atom. The van der Waals surface area contributed by atoms with Crippen LogP contribution in [0.15, 0.2) is 42.5 Å². The van der Waals surface area contributed by atoms with Crippen LogP contribution in [0.4, 0.5) is 0 Å². The van der Waals surface area contributed by atoms with Crippen LogP contribution in [0.1, 0.15) is 27.2 Å². The number of phenols is 1. The van der Waals surface area contributed by atoms with Gasteiger partial charge in [-0.05, 0) is 44.5 Å². The van der Waals surface area contributed by atoms with Gasteiger partial charge in [-0.2, -0.15) is 0 Å². The first-order valence-corrected chi connectivity index (χ1v) is 7.50. The Morgan fingerprint density at radius 1 is 0.955 bits per heavy atom. The minimum absolute atomic E-state index is 0.0461. The number of ether oxygens (including phenoxy) is 3. The van der Waals surface area contributed by atoms with Crippen molar-refractivity contribution in [2.24, 2.45) is 0 Å². The molecule has 0 saturated carbocycles. The van der Waals surface area contributed by atoms with Gasteiger partial charge in [0.25, 0.3) is 0 Å². The second kappa shape index (κ2) is 7.59. The Balaban J connectivity index is 2.29. The molecule has 1 N–H and O–H groups in total. The fraction of sp³-hybridized carbons (Fsp3) is 0.333. The van der Waals surface area contributed by atoms with Crippen molar-refractivity contribution in [1.82, 2.24) is 0 Å². The van der Waals surface area contributed by atoms with Crippen LogP contribution in [-0.4, -0.2) is 17.8 Å². The van der Waals surface area contributed by atoms with Crippen LogP contribution >= 0.6 is 0 Å². The third-order valence-electron chi connectivity index (χ3n) is 2.84. The number of benzene rings is 2. The Kier molecular flexibility index (Phi) is 5.53. The summed E-state index contributed by atoms with van der Waals surface area (Å²) in [4.78, 5) is 0. The van der Waals surface area contributed by atoms with Gasteiger partial charge in [-0.1, -0.05) is 25.1 Å². The standard InChI is InChI=1S/C18H22O4/c1-4-12-20-18-14(19)8-7-11-17(18)22-16-10-6-5-9-15(16)21-13(2)3/h5-11,13,19H,4,12H2,1-3H3. The van der Waals surface area contributed by atoms with Crippen molar-refractivity contribution in [3.8, 4) is 28.7 Å². The van der Waals surface area contributed by atoms with Crippen LogP contribution in [0.3, 0.4) is 0 Å². The molecule has 4 heteroatoms. The fourth-order valence-electron chi connectivity index (χ4n) is 1.94. The molecule has 0 atom stereocenters. The average Bonchev–Trinajstić information content (AvgIpc) is 2.48. The van der Waals surface area contributed by atoms with Crippen LogP contribution in [0.2, 0.25) is 0 Å². The number of hydrogen-bond donors (Lipinski definition) is 1. The molecule has 22 heavy (non-hydrogen) atoms. The second-order valence-electron chi connectivity index (χ2n) is 5.17. The number of hydrogen-bond acceptors (Lipinski definition) is 4. The lowest BCUT2D eigenvalue weighted by atomic mass is 10.2. The first-order chi connectivity index (χ1) is 10.6. The zero-order chi connectivity index (χ0) is 15.9. The van der Waals surface area contributed by atoms with Gasteiger partial charge in [-0.3, -0.25) is 0 Å². The SMILES string of the molecule is CCCOc1c(O)cccc1Oc1ccccc1OC(C)C. The quantitative estimate of drug-likeness (QED) is 0.801. The minimum atomic E-state index is 0.0461. The summed E-state index contributed by atoms with van der Waals surface area (Å²) in [6.45, 7) is 6.44. The molecule has 0 unspecified atom stereocenters. The zero-order valence-electron chi connectivity index (χ0n) is 13.2. The molecule has 0 radical (unpaired) electrons. The average molecular weight is 302 g/mol. The first-order valence-electron chi connectivity index (χ1n) is 7.50. The Bertz CT molecular complexity index is 608. The molecule has 2 rings (SSSR count). The second-order valence-corrected chi connectivity index (χ2v) is 5.17. The van der Waals surface area contributed by atoms with Crippen molar-refractivity contribution < 1.29 is 19.3 Å². The summed E-state index contributed by atoms with van der Waals surface area (Å²) in [5, 5.41) is 9.97. The van der Waals surface area contributed by atoms with Crippen LogP contribution < -0.4 is 14.2 Å². The summed E-state index contributed by atoms with van der Waals surface area (Å²) in [7, 11) is 0. The molecule has 2 aromatic carbocycles. The van der Waals surface area contributed by atoms with Crippen molar-refractivity contribution in [2.45, 2.75) is 33.3 Å². The molecular weight excluding hydrogens is 280 g/mol. The van der Waals surface area contributed by atoms with Gasteiger partial charge in [0.05, 0.1) is 12.7 Å². The topological polar surface area (TPSA) is 47.9 Å². The van der Waals surface area contributed by atoms with Crippen LogP contribution in [0, 0.1) is 0 Å². The largest absolute Gasteiger partial charge is 0.504 e. The molecule has 0 aliphatic heterocycles. The van der Waals surface area contributed by atoms with E-state index >= 15 is 0 Å². The van der Waals surface area contributed by atoms with E-state index in [1.807, 2.05) is 45.0 Å².